The highest BCUT2D eigenvalue weighted by Gasteiger charge is 2.39. The van der Waals surface area contributed by atoms with Gasteiger partial charge in [-0.1, -0.05) is 26.7 Å². The molecule has 1 aliphatic rings. The van der Waals surface area contributed by atoms with Crippen LogP contribution >= 0.6 is 11.3 Å². The van der Waals surface area contributed by atoms with Crippen molar-refractivity contribution in [3.05, 3.63) is 16.1 Å². The van der Waals surface area contributed by atoms with Gasteiger partial charge in [-0.2, -0.15) is 0 Å². The molecule has 0 aliphatic heterocycles. The van der Waals surface area contributed by atoms with Crippen LogP contribution in [-0.2, 0) is 10.3 Å². The molecule has 1 aromatic heterocycles. The molecule has 0 bridgehead atoms. The Bertz CT molecular complexity index is 339. The molecule has 1 saturated carbocycles. The minimum atomic E-state index is -0.0491. The van der Waals surface area contributed by atoms with E-state index in [2.05, 4.69) is 26.2 Å². The van der Waals surface area contributed by atoms with Crippen molar-refractivity contribution in [2.45, 2.75) is 58.0 Å². The molecule has 0 atom stereocenters. The lowest BCUT2D eigenvalue weighted by Crippen LogP contribution is -2.26. The first-order valence-corrected chi connectivity index (χ1v) is 7.16. The summed E-state index contributed by atoms with van der Waals surface area (Å²) < 4.78 is 6.02. The van der Waals surface area contributed by atoms with Crippen molar-refractivity contribution < 1.29 is 4.74 Å². The van der Waals surface area contributed by atoms with Crippen LogP contribution in [0.4, 0.5) is 0 Å². The second kappa shape index (κ2) is 4.84. The first-order chi connectivity index (χ1) is 7.68. The van der Waals surface area contributed by atoms with E-state index in [1.165, 1.54) is 23.5 Å². The largest absolute Gasteiger partial charge is 0.368 e. The molecule has 0 radical (unpaired) electrons. The molecule has 1 aliphatic carbocycles. The number of hydrogen-bond acceptors (Lipinski definition) is 3. The lowest BCUT2D eigenvalue weighted by molar-refractivity contribution is -0.0392. The lowest BCUT2D eigenvalue weighted by Gasteiger charge is -2.26. The van der Waals surface area contributed by atoms with Gasteiger partial charge in [0.1, 0.15) is 10.6 Å². The van der Waals surface area contributed by atoms with Crippen LogP contribution in [0.3, 0.4) is 0 Å². The molecule has 90 valence electrons. The van der Waals surface area contributed by atoms with Crippen LogP contribution in [0.1, 0.15) is 63.1 Å². The van der Waals surface area contributed by atoms with Gasteiger partial charge in [-0.3, -0.25) is 0 Å². The molecule has 0 unspecified atom stereocenters. The van der Waals surface area contributed by atoms with E-state index >= 15 is 0 Å². The smallest absolute Gasteiger partial charge is 0.125 e. The number of thiazole rings is 1. The van der Waals surface area contributed by atoms with Gasteiger partial charge in [0.2, 0.25) is 0 Å². The summed E-state index contributed by atoms with van der Waals surface area (Å²) in [4.78, 5) is 4.78. The Balaban J connectivity index is 2.24. The van der Waals surface area contributed by atoms with Crippen LogP contribution in [0.15, 0.2) is 5.38 Å². The highest BCUT2D eigenvalue weighted by atomic mass is 32.1. The Morgan fingerprint density at radius 3 is 2.62 bits per heavy atom. The fourth-order valence-electron chi connectivity index (χ4n) is 2.40. The summed E-state index contributed by atoms with van der Waals surface area (Å²) in [5.74, 6) is 0.519. The van der Waals surface area contributed by atoms with Crippen molar-refractivity contribution in [3.63, 3.8) is 0 Å². The van der Waals surface area contributed by atoms with Gasteiger partial charge >= 0.3 is 0 Å². The van der Waals surface area contributed by atoms with Crippen LogP contribution in [0.5, 0.6) is 0 Å². The maximum Gasteiger partial charge on any atom is 0.125 e. The van der Waals surface area contributed by atoms with E-state index in [0.29, 0.717) is 5.92 Å². The number of nitrogens with zero attached hydrogens (tertiary/aromatic N) is 1. The van der Waals surface area contributed by atoms with E-state index in [0.717, 1.165) is 19.4 Å². The first kappa shape index (κ1) is 12.1. The second-order valence-corrected chi connectivity index (χ2v) is 5.72. The lowest BCUT2D eigenvalue weighted by atomic mass is 10.0. The van der Waals surface area contributed by atoms with Gasteiger partial charge in [-0.05, 0) is 25.7 Å². The highest BCUT2D eigenvalue weighted by molar-refractivity contribution is 7.09. The van der Waals surface area contributed by atoms with Crippen molar-refractivity contribution in [1.82, 2.24) is 4.98 Å². The molecule has 1 aromatic rings. The highest BCUT2D eigenvalue weighted by Crippen LogP contribution is 2.43. The summed E-state index contributed by atoms with van der Waals surface area (Å²) in [7, 11) is 0. The zero-order valence-corrected chi connectivity index (χ0v) is 11.3. The number of rotatable bonds is 4. The molecule has 3 heteroatoms. The van der Waals surface area contributed by atoms with Gasteiger partial charge in [0.05, 0.1) is 5.69 Å². The molecule has 0 spiro atoms. The molecule has 0 saturated heterocycles. The molecule has 2 nitrogen and oxygen atoms in total. The Morgan fingerprint density at radius 1 is 1.44 bits per heavy atom. The molecule has 1 fully saturated rings. The minimum Gasteiger partial charge on any atom is -0.368 e. The fraction of sp³-hybridized carbons (Fsp3) is 0.769. The van der Waals surface area contributed by atoms with Crippen LogP contribution in [0.25, 0.3) is 0 Å². The predicted octanol–water partition coefficient (Wildman–Crippen LogP) is 4.07. The number of hydrogen-bond donors (Lipinski definition) is 0. The number of ether oxygens (including phenoxy) is 1. The van der Waals surface area contributed by atoms with Gasteiger partial charge in [0, 0.05) is 12.0 Å². The summed E-state index contributed by atoms with van der Waals surface area (Å²) in [6, 6.07) is 0. The Morgan fingerprint density at radius 2 is 2.12 bits per heavy atom. The van der Waals surface area contributed by atoms with E-state index in [9.17, 15) is 0 Å². The third-order valence-electron chi connectivity index (χ3n) is 3.34. The first-order valence-electron chi connectivity index (χ1n) is 6.28. The standard InChI is InChI=1S/C13H21NOS/c1-4-15-13(7-5-6-8-13)12-14-11(9-16-12)10(2)3/h9-10H,4-8H2,1-3H3. The van der Waals surface area contributed by atoms with Crippen LogP contribution in [-0.4, -0.2) is 11.6 Å². The summed E-state index contributed by atoms with van der Waals surface area (Å²) in [6.45, 7) is 7.26. The van der Waals surface area contributed by atoms with Gasteiger partial charge in [-0.25, -0.2) is 4.98 Å². The van der Waals surface area contributed by atoms with Crippen molar-refractivity contribution >= 4 is 11.3 Å². The monoisotopic (exact) mass is 239 g/mol. The van der Waals surface area contributed by atoms with E-state index in [1.807, 2.05) is 0 Å². The SMILES string of the molecule is CCOC1(c2nc(C(C)C)cs2)CCCC1. The molecular weight excluding hydrogens is 218 g/mol. The summed E-state index contributed by atoms with van der Waals surface area (Å²) in [5, 5.41) is 3.40. The van der Waals surface area contributed by atoms with Crippen LogP contribution in [0.2, 0.25) is 0 Å². The van der Waals surface area contributed by atoms with Crippen molar-refractivity contribution in [3.8, 4) is 0 Å². The summed E-state index contributed by atoms with van der Waals surface area (Å²) in [5.41, 5.74) is 1.16. The third-order valence-corrected chi connectivity index (χ3v) is 4.38. The average Bonchev–Trinajstić information content (AvgIpc) is 2.85. The summed E-state index contributed by atoms with van der Waals surface area (Å²) in [6.07, 6.45) is 4.84. The topological polar surface area (TPSA) is 22.1 Å². The zero-order chi connectivity index (χ0) is 11.6. The quantitative estimate of drug-likeness (QED) is 0.790. The maximum atomic E-state index is 6.02. The van der Waals surface area contributed by atoms with Crippen molar-refractivity contribution in [1.29, 1.82) is 0 Å². The average molecular weight is 239 g/mol. The number of aromatic nitrogens is 1. The van der Waals surface area contributed by atoms with Crippen LogP contribution < -0.4 is 0 Å². The zero-order valence-electron chi connectivity index (χ0n) is 10.5. The summed E-state index contributed by atoms with van der Waals surface area (Å²) >= 11 is 1.78. The van der Waals surface area contributed by atoms with Gasteiger partial charge < -0.3 is 4.74 Å². The Labute approximate surface area is 102 Å². The van der Waals surface area contributed by atoms with Gasteiger partial charge in [0.15, 0.2) is 0 Å². The Hall–Kier alpha value is -0.410. The second-order valence-electron chi connectivity index (χ2n) is 4.87. The van der Waals surface area contributed by atoms with E-state index in [-0.39, 0.29) is 5.60 Å². The van der Waals surface area contributed by atoms with E-state index < -0.39 is 0 Å². The van der Waals surface area contributed by atoms with Crippen LogP contribution in [0, 0.1) is 0 Å². The van der Waals surface area contributed by atoms with Gasteiger partial charge in [0.25, 0.3) is 0 Å². The predicted molar refractivity (Wildman–Crippen MR) is 68.0 cm³/mol. The normalized spacial score (nSPS) is 19.5. The molecule has 0 amide bonds. The van der Waals surface area contributed by atoms with Crippen molar-refractivity contribution in [2.75, 3.05) is 6.61 Å². The van der Waals surface area contributed by atoms with Gasteiger partial charge in [-0.15, -0.1) is 11.3 Å². The van der Waals surface area contributed by atoms with Crippen molar-refractivity contribution in [2.24, 2.45) is 0 Å². The van der Waals surface area contributed by atoms with E-state index in [1.54, 1.807) is 11.3 Å². The molecule has 0 aromatic carbocycles. The third kappa shape index (κ3) is 2.16. The Kier molecular flexibility index (Phi) is 3.65. The molecule has 2 rings (SSSR count). The molecule has 0 N–H and O–H groups in total. The molecule has 1 heterocycles. The fourth-order valence-corrected chi connectivity index (χ4v) is 3.60. The van der Waals surface area contributed by atoms with E-state index in [4.69, 9.17) is 9.72 Å². The molecular formula is C13H21NOS. The maximum absolute atomic E-state index is 6.02. The molecule has 16 heavy (non-hydrogen) atoms. The minimum absolute atomic E-state index is 0.0491.